The highest BCUT2D eigenvalue weighted by Crippen LogP contribution is 2.12. The average Bonchev–Trinajstić information content (AvgIpc) is 2.06. The molecule has 1 aliphatic rings. The van der Waals surface area contributed by atoms with E-state index in [0.717, 1.165) is 5.56 Å². The molecule has 0 N–H and O–H groups in total. The Labute approximate surface area is 72.5 Å². The normalized spacial score (nSPS) is 21.7. The van der Waals surface area contributed by atoms with E-state index in [1.54, 1.807) is 0 Å². The Morgan fingerprint density at radius 2 is 1.83 bits per heavy atom. The van der Waals surface area contributed by atoms with Crippen molar-refractivity contribution in [3.8, 4) is 0 Å². The molecule has 1 aromatic carbocycles. The average molecular weight is 153 g/mol. The Morgan fingerprint density at radius 1 is 0.917 bits per heavy atom. The summed E-state index contributed by atoms with van der Waals surface area (Å²) in [5, 5.41) is 0. The fourth-order valence-corrected chi connectivity index (χ4v) is 1.19. The van der Waals surface area contributed by atoms with E-state index in [2.05, 4.69) is 24.3 Å². The molecule has 0 unspecified atom stereocenters. The van der Waals surface area contributed by atoms with Crippen LogP contribution in [0.4, 0.5) is 0 Å². The van der Waals surface area contributed by atoms with Gasteiger partial charge in [0.2, 0.25) is 0 Å². The van der Waals surface area contributed by atoms with Crippen molar-refractivity contribution >= 4 is 6.08 Å². The Balaban J connectivity index is 2.54. The minimum absolute atomic E-state index is 1.15. The lowest BCUT2D eigenvalue weighted by Gasteiger charge is -1.99. The van der Waals surface area contributed by atoms with Crippen LogP contribution >= 0.6 is 0 Å². The first-order chi connectivity index (χ1) is 5.97. The minimum Gasteiger partial charge on any atom is -0.0622 e. The predicted octanol–water partition coefficient (Wildman–Crippen LogP) is 2.98. The van der Waals surface area contributed by atoms with E-state index in [0.29, 0.717) is 0 Å². The lowest BCUT2D eigenvalue weighted by atomic mass is 10.1. The van der Waals surface area contributed by atoms with Crippen molar-refractivity contribution in [2.45, 2.75) is 0 Å². The SMILES string of the molecule is [C]1=C/C=C\C=C/c2ccccc2\1. The monoisotopic (exact) mass is 153 g/mol. The molecular formula is C12H9. The van der Waals surface area contributed by atoms with Crippen molar-refractivity contribution in [2.75, 3.05) is 0 Å². The molecule has 0 heterocycles. The van der Waals surface area contributed by atoms with Crippen LogP contribution in [0.5, 0.6) is 0 Å². The van der Waals surface area contributed by atoms with Gasteiger partial charge in [-0.3, -0.25) is 0 Å². The van der Waals surface area contributed by atoms with E-state index in [9.17, 15) is 0 Å². The van der Waals surface area contributed by atoms with E-state index in [-0.39, 0.29) is 0 Å². The lowest BCUT2D eigenvalue weighted by molar-refractivity contribution is 1.52. The van der Waals surface area contributed by atoms with Crippen LogP contribution in [0.3, 0.4) is 0 Å². The number of fused-ring (bicyclic) bond motifs is 1. The third kappa shape index (κ3) is 1.37. The molecule has 0 amide bonds. The van der Waals surface area contributed by atoms with Crippen LogP contribution in [0, 0.1) is 6.08 Å². The summed E-state index contributed by atoms with van der Waals surface area (Å²) in [6.45, 7) is 0. The summed E-state index contributed by atoms with van der Waals surface area (Å²) in [5.41, 5.74) is 2.37. The van der Waals surface area contributed by atoms with Crippen LogP contribution < -0.4 is 0 Å². The van der Waals surface area contributed by atoms with Gasteiger partial charge >= 0.3 is 0 Å². The van der Waals surface area contributed by atoms with Crippen molar-refractivity contribution in [3.05, 3.63) is 65.8 Å². The Bertz CT molecular complexity index is 319. The second kappa shape index (κ2) is 3.22. The number of benzene rings is 1. The topological polar surface area (TPSA) is 0 Å². The molecule has 1 radical (unpaired) electrons. The zero-order valence-corrected chi connectivity index (χ0v) is 6.70. The Hall–Kier alpha value is -1.56. The van der Waals surface area contributed by atoms with E-state index in [1.165, 1.54) is 5.56 Å². The minimum atomic E-state index is 1.15. The highest BCUT2D eigenvalue weighted by atomic mass is 14.0. The molecule has 0 spiro atoms. The first-order valence-electron chi connectivity index (χ1n) is 3.99. The van der Waals surface area contributed by atoms with E-state index in [4.69, 9.17) is 0 Å². The molecule has 0 atom stereocenters. The number of allylic oxidation sites excluding steroid dienone is 4. The van der Waals surface area contributed by atoms with Gasteiger partial charge in [0.15, 0.2) is 0 Å². The molecule has 1 aliphatic carbocycles. The van der Waals surface area contributed by atoms with Crippen LogP contribution in [0.25, 0.3) is 6.08 Å². The maximum absolute atomic E-state index is 3.20. The van der Waals surface area contributed by atoms with Gasteiger partial charge < -0.3 is 0 Å². The molecule has 1 aromatic rings. The number of hydrogen-bond donors (Lipinski definition) is 0. The van der Waals surface area contributed by atoms with Crippen LogP contribution in [0.2, 0.25) is 0 Å². The fourth-order valence-electron chi connectivity index (χ4n) is 1.19. The molecule has 0 aromatic heterocycles. The quantitative estimate of drug-likeness (QED) is 0.537. The fraction of sp³-hybridized carbons (Fsp3) is 0. The Kier molecular flexibility index (Phi) is 1.91. The van der Waals surface area contributed by atoms with Crippen molar-refractivity contribution in [2.24, 2.45) is 0 Å². The van der Waals surface area contributed by atoms with Crippen LogP contribution in [-0.4, -0.2) is 0 Å². The standard InChI is InChI=1S/C12H9/c1-2-4-8-12-10-6-5-9-11(12)7-3-1/h1-7,9-10H/b2-1-,3-1?,4-2?,7-3-,8-4?,11-7?,12-8?. The zero-order chi connectivity index (χ0) is 8.23. The van der Waals surface area contributed by atoms with Crippen molar-refractivity contribution in [1.82, 2.24) is 0 Å². The molecule has 0 aliphatic heterocycles. The third-order valence-corrected chi connectivity index (χ3v) is 1.79. The van der Waals surface area contributed by atoms with Gasteiger partial charge in [0.05, 0.1) is 0 Å². The molecule has 0 bridgehead atoms. The predicted molar refractivity (Wildman–Crippen MR) is 51.5 cm³/mol. The van der Waals surface area contributed by atoms with Crippen LogP contribution in [-0.2, 0) is 0 Å². The molecule has 12 heavy (non-hydrogen) atoms. The largest absolute Gasteiger partial charge is 0.0622 e. The number of hydrogen-bond acceptors (Lipinski definition) is 0. The molecule has 0 fully saturated rings. The number of rotatable bonds is 0. The maximum atomic E-state index is 3.20. The summed E-state index contributed by atoms with van der Waals surface area (Å²) < 4.78 is 0. The van der Waals surface area contributed by atoms with Gasteiger partial charge in [0.25, 0.3) is 0 Å². The molecule has 0 saturated heterocycles. The molecule has 0 saturated carbocycles. The summed E-state index contributed by atoms with van der Waals surface area (Å²) in [7, 11) is 0. The van der Waals surface area contributed by atoms with Gasteiger partial charge in [-0.15, -0.1) is 0 Å². The van der Waals surface area contributed by atoms with Gasteiger partial charge in [0, 0.05) is 0 Å². The second-order valence-electron chi connectivity index (χ2n) is 2.64. The Morgan fingerprint density at radius 3 is 2.83 bits per heavy atom. The summed E-state index contributed by atoms with van der Waals surface area (Å²) in [6, 6.07) is 8.22. The van der Waals surface area contributed by atoms with E-state index >= 15 is 0 Å². The van der Waals surface area contributed by atoms with Gasteiger partial charge in [-0.25, -0.2) is 0 Å². The van der Waals surface area contributed by atoms with Crippen molar-refractivity contribution < 1.29 is 0 Å². The molecule has 57 valence electrons. The molecule has 0 nitrogen and oxygen atoms in total. The van der Waals surface area contributed by atoms with E-state index < -0.39 is 0 Å². The highest BCUT2D eigenvalue weighted by Gasteiger charge is 1.93. The summed E-state index contributed by atoms with van der Waals surface area (Å²) >= 11 is 0. The lowest BCUT2D eigenvalue weighted by Crippen LogP contribution is -1.81. The molecule has 2 rings (SSSR count). The first kappa shape index (κ1) is 7.11. The summed E-state index contributed by atoms with van der Waals surface area (Å²) in [6.07, 6.45) is 13.2. The third-order valence-electron chi connectivity index (χ3n) is 1.79. The van der Waals surface area contributed by atoms with Crippen molar-refractivity contribution in [1.29, 1.82) is 0 Å². The maximum Gasteiger partial charge on any atom is -0.00992 e. The van der Waals surface area contributed by atoms with Gasteiger partial charge in [-0.05, 0) is 17.2 Å². The molecular weight excluding hydrogens is 144 g/mol. The van der Waals surface area contributed by atoms with Crippen LogP contribution in [0.15, 0.2) is 48.6 Å². The van der Waals surface area contributed by atoms with Gasteiger partial charge in [-0.2, -0.15) is 0 Å². The van der Waals surface area contributed by atoms with Crippen LogP contribution in [0.1, 0.15) is 11.1 Å². The zero-order valence-electron chi connectivity index (χ0n) is 6.70. The first-order valence-corrected chi connectivity index (χ1v) is 3.99. The highest BCUT2D eigenvalue weighted by molar-refractivity contribution is 5.58. The molecule has 0 heteroatoms. The van der Waals surface area contributed by atoms with E-state index in [1.807, 2.05) is 36.4 Å². The smallest absolute Gasteiger partial charge is 0.00992 e. The van der Waals surface area contributed by atoms with Gasteiger partial charge in [-0.1, -0.05) is 54.6 Å². The van der Waals surface area contributed by atoms with Crippen molar-refractivity contribution in [3.63, 3.8) is 0 Å². The summed E-state index contributed by atoms with van der Waals surface area (Å²) in [5.74, 6) is 0. The van der Waals surface area contributed by atoms with Gasteiger partial charge in [0.1, 0.15) is 0 Å². The summed E-state index contributed by atoms with van der Waals surface area (Å²) in [4.78, 5) is 0. The second-order valence-corrected chi connectivity index (χ2v) is 2.64.